The van der Waals surface area contributed by atoms with Gasteiger partial charge in [0.2, 0.25) is 0 Å². The highest BCUT2D eigenvalue weighted by molar-refractivity contribution is 6.10. The Morgan fingerprint density at radius 3 is 2.00 bits per heavy atom. The number of fused-ring (bicyclic) bond motifs is 6. The van der Waals surface area contributed by atoms with Crippen LogP contribution in [-0.4, -0.2) is 24.5 Å². The van der Waals surface area contributed by atoms with Gasteiger partial charge in [0.05, 0.1) is 22.6 Å². The number of halogens is 1. The minimum Gasteiger partial charge on any atom is -0.294 e. The van der Waals surface area contributed by atoms with Gasteiger partial charge in [-0.3, -0.25) is 14.5 Å². The molecular weight excluding hydrogens is 642 g/mol. The molecule has 0 saturated heterocycles. The summed E-state index contributed by atoms with van der Waals surface area (Å²) in [6, 6.07) is 47.1. The highest BCUT2D eigenvalue weighted by Crippen LogP contribution is 2.37. The molecule has 10 aromatic rings. The molecule has 0 saturated carbocycles. The van der Waals surface area contributed by atoms with E-state index in [0.717, 1.165) is 93.9 Å². The van der Waals surface area contributed by atoms with Gasteiger partial charge in [0.1, 0.15) is 11.5 Å². The zero-order valence-electron chi connectivity index (χ0n) is 27.8. The van der Waals surface area contributed by atoms with Crippen molar-refractivity contribution in [3.8, 4) is 50.5 Å². The summed E-state index contributed by atoms with van der Waals surface area (Å²) in [5, 5.41) is 6.34. The van der Waals surface area contributed by atoms with Crippen LogP contribution >= 0.6 is 0 Å². The third-order valence-electron chi connectivity index (χ3n) is 9.85. The Morgan fingerprint density at radius 2 is 1.15 bits per heavy atom. The average Bonchev–Trinajstić information content (AvgIpc) is 3.54. The first-order chi connectivity index (χ1) is 25.7. The van der Waals surface area contributed by atoms with Crippen LogP contribution in [0.25, 0.3) is 93.9 Å². The largest absolute Gasteiger partial charge is 0.294 e. The minimum atomic E-state index is -0.230. The molecule has 0 N–H and O–H groups in total. The van der Waals surface area contributed by atoms with E-state index in [2.05, 4.69) is 99.5 Å². The molecule has 5 heterocycles. The molecule has 0 radical (unpaired) electrons. The molecule has 6 heteroatoms. The minimum absolute atomic E-state index is 0.230. The summed E-state index contributed by atoms with van der Waals surface area (Å²) in [5.41, 5.74) is 11.0. The number of benzene rings is 5. The molecule has 10 rings (SSSR count). The van der Waals surface area contributed by atoms with Crippen LogP contribution in [0.4, 0.5) is 4.39 Å². The third-order valence-corrected chi connectivity index (χ3v) is 9.85. The maximum Gasteiger partial charge on any atom is 0.145 e. The van der Waals surface area contributed by atoms with Crippen LogP contribution in [0.3, 0.4) is 0 Å². The molecule has 0 aliphatic heterocycles. The zero-order valence-corrected chi connectivity index (χ0v) is 27.8. The van der Waals surface area contributed by atoms with Crippen molar-refractivity contribution in [3.63, 3.8) is 0 Å². The number of nitrogens with zero attached hydrogens (tertiary/aromatic N) is 5. The average molecular weight is 670 g/mol. The van der Waals surface area contributed by atoms with Gasteiger partial charge in [-0.2, -0.15) is 0 Å². The second-order valence-corrected chi connectivity index (χ2v) is 13.0. The van der Waals surface area contributed by atoms with E-state index in [4.69, 9.17) is 9.97 Å². The standard InChI is InChI=1S/C46H28FN5/c47-37-12-14-40-33(24-37)9-8-32-22-30(10-13-39(32)40)36-26-43(51-44(27-36)35-6-2-18-49-28-35)34-5-1-4-29(23-34)31-11-15-45-42(25-31)41-7-3-19-50-46(41)52(45)38-16-20-48-21-17-38/h1-28H. The van der Waals surface area contributed by atoms with Crippen molar-refractivity contribution < 1.29 is 4.39 Å². The molecule has 0 amide bonds. The summed E-state index contributed by atoms with van der Waals surface area (Å²) in [4.78, 5) is 18.6. The maximum atomic E-state index is 14.0. The predicted molar refractivity (Wildman–Crippen MR) is 209 cm³/mol. The van der Waals surface area contributed by atoms with E-state index in [9.17, 15) is 4.39 Å². The van der Waals surface area contributed by atoms with Gasteiger partial charge >= 0.3 is 0 Å². The summed E-state index contributed by atoms with van der Waals surface area (Å²) >= 11 is 0. The van der Waals surface area contributed by atoms with Crippen molar-refractivity contribution in [1.29, 1.82) is 0 Å². The Kier molecular flexibility index (Phi) is 6.93. The van der Waals surface area contributed by atoms with Crippen LogP contribution in [0.2, 0.25) is 0 Å². The number of pyridine rings is 4. The lowest BCUT2D eigenvalue weighted by molar-refractivity contribution is 0.630. The highest BCUT2D eigenvalue weighted by atomic mass is 19.1. The number of aromatic nitrogens is 5. The lowest BCUT2D eigenvalue weighted by Gasteiger charge is -2.12. The molecule has 5 aromatic heterocycles. The van der Waals surface area contributed by atoms with Gasteiger partial charge < -0.3 is 0 Å². The monoisotopic (exact) mass is 669 g/mol. The molecule has 0 unspecified atom stereocenters. The van der Waals surface area contributed by atoms with Crippen molar-refractivity contribution in [2.24, 2.45) is 0 Å². The molecule has 0 aliphatic rings. The first-order valence-corrected chi connectivity index (χ1v) is 17.1. The second kappa shape index (κ2) is 12.1. The van der Waals surface area contributed by atoms with Crippen molar-refractivity contribution in [2.45, 2.75) is 0 Å². The van der Waals surface area contributed by atoms with E-state index in [1.807, 2.05) is 67.3 Å². The van der Waals surface area contributed by atoms with Crippen molar-refractivity contribution in [3.05, 3.63) is 176 Å². The molecule has 0 spiro atoms. The van der Waals surface area contributed by atoms with Gasteiger partial charge in [0, 0.05) is 52.9 Å². The molecule has 0 aliphatic carbocycles. The molecule has 52 heavy (non-hydrogen) atoms. The van der Waals surface area contributed by atoms with Gasteiger partial charge in [-0.25, -0.2) is 14.4 Å². The Morgan fingerprint density at radius 1 is 0.442 bits per heavy atom. The van der Waals surface area contributed by atoms with Gasteiger partial charge in [-0.05, 0) is 129 Å². The lowest BCUT2D eigenvalue weighted by atomic mass is 9.95. The van der Waals surface area contributed by atoms with Gasteiger partial charge in [0.25, 0.3) is 0 Å². The highest BCUT2D eigenvalue weighted by Gasteiger charge is 2.16. The molecular formula is C46H28FN5. The van der Waals surface area contributed by atoms with Crippen LogP contribution in [-0.2, 0) is 0 Å². The smallest absolute Gasteiger partial charge is 0.145 e. The molecule has 5 aromatic carbocycles. The van der Waals surface area contributed by atoms with Crippen LogP contribution in [0.5, 0.6) is 0 Å². The Labute approximate surface area is 298 Å². The first kappa shape index (κ1) is 29.8. The van der Waals surface area contributed by atoms with Crippen LogP contribution in [0.15, 0.2) is 171 Å². The SMILES string of the molecule is Fc1ccc2c(ccc3cc(-c4cc(-c5cccnc5)nc(-c5cccc(-c6ccc7c(c6)c6cccnc6n7-c6ccncc6)c5)c4)ccc32)c1. The van der Waals surface area contributed by atoms with Crippen molar-refractivity contribution >= 4 is 43.5 Å². The summed E-state index contributed by atoms with van der Waals surface area (Å²) < 4.78 is 16.2. The van der Waals surface area contributed by atoms with E-state index >= 15 is 0 Å². The lowest BCUT2D eigenvalue weighted by Crippen LogP contribution is -1.95. The predicted octanol–water partition coefficient (Wildman–Crippen LogP) is 11.5. The Balaban J connectivity index is 1.10. The first-order valence-electron chi connectivity index (χ1n) is 17.1. The van der Waals surface area contributed by atoms with Crippen LogP contribution < -0.4 is 0 Å². The van der Waals surface area contributed by atoms with Gasteiger partial charge in [-0.1, -0.05) is 54.6 Å². The Bertz CT molecular complexity index is 2970. The maximum absolute atomic E-state index is 14.0. The van der Waals surface area contributed by atoms with Crippen molar-refractivity contribution in [1.82, 2.24) is 24.5 Å². The molecule has 0 bridgehead atoms. The molecule has 244 valence electrons. The van der Waals surface area contributed by atoms with Gasteiger partial charge in [0.15, 0.2) is 0 Å². The summed E-state index contributed by atoms with van der Waals surface area (Å²) in [7, 11) is 0. The number of rotatable bonds is 5. The molecule has 0 fully saturated rings. The van der Waals surface area contributed by atoms with E-state index in [0.29, 0.717) is 0 Å². The normalized spacial score (nSPS) is 11.6. The van der Waals surface area contributed by atoms with Crippen LogP contribution in [0.1, 0.15) is 0 Å². The summed E-state index contributed by atoms with van der Waals surface area (Å²) in [5.74, 6) is -0.230. The fourth-order valence-corrected chi connectivity index (χ4v) is 7.37. The fraction of sp³-hybridized carbons (Fsp3) is 0. The van der Waals surface area contributed by atoms with Crippen molar-refractivity contribution in [2.75, 3.05) is 0 Å². The Hall–Kier alpha value is -7.05. The van der Waals surface area contributed by atoms with Crippen LogP contribution in [0, 0.1) is 5.82 Å². The quantitative estimate of drug-likeness (QED) is 0.171. The fourth-order valence-electron chi connectivity index (χ4n) is 7.37. The van der Waals surface area contributed by atoms with Gasteiger partial charge in [-0.15, -0.1) is 0 Å². The number of hydrogen-bond acceptors (Lipinski definition) is 4. The van der Waals surface area contributed by atoms with E-state index in [1.54, 1.807) is 12.3 Å². The summed E-state index contributed by atoms with van der Waals surface area (Å²) in [6.07, 6.45) is 9.09. The van der Waals surface area contributed by atoms with E-state index in [-0.39, 0.29) is 5.82 Å². The second-order valence-electron chi connectivity index (χ2n) is 13.0. The summed E-state index contributed by atoms with van der Waals surface area (Å²) in [6.45, 7) is 0. The third kappa shape index (κ3) is 5.08. The topological polar surface area (TPSA) is 56.5 Å². The van der Waals surface area contributed by atoms with E-state index < -0.39 is 0 Å². The zero-order chi connectivity index (χ0) is 34.6. The van der Waals surface area contributed by atoms with E-state index in [1.165, 1.54) is 6.07 Å². The number of hydrogen-bond donors (Lipinski definition) is 0. The molecule has 0 atom stereocenters. The molecule has 5 nitrogen and oxygen atoms in total.